The third kappa shape index (κ3) is 2.27. The summed E-state index contributed by atoms with van der Waals surface area (Å²) in [5.41, 5.74) is 1.17. The molecular formula is C14H18O2. The van der Waals surface area contributed by atoms with Crippen molar-refractivity contribution in [3.05, 3.63) is 48.2 Å². The first-order valence-electron chi connectivity index (χ1n) is 5.80. The first kappa shape index (κ1) is 11.2. The highest BCUT2D eigenvalue weighted by Gasteiger charge is 2.39. The number of ether oxygens (including phenoxy) is 2. The maximum atomic E-state index is 5.78. The van der Waals surface area contributed by atoms with Crippen molar-refractivity contribution in [3.8, 4) is 0 Å². The molecule has 2 nitrogen and oxygen atoms in total. The lowest BCUT2D eigenvalue weighted by Crippen LogP contribution is -2.41. The molecule has 0 spiro atoms. The highest BCUT2D eigenvalue weighted by Crippen LogP contribution is 2.40. The molecule has 0 saturated carbocycles. The fraction of sp³-hybridized carbons (Fsp3) is 0.429. The van der Waals surface area contributed by atoms with Crippen LogP contribution in [0.25, 0.3) is 0 Å². The topological polar surface area (TPSA) is 18.5 Å². The number of hydrogen-bond acceptors (Lipinski definition) is 2. The van der Waals surface area contributed by atoms with Crippen LogP contribution in [0.15, 0.2) is 42.7 Å². The standard InChI is InChI=1S/C14H18O2/c1-2-10-15-11-8-14(9-12-16-14)13-6-4-3-5-7-13/h2-7,10H,8-9,11-12H2,1H3. The summed E-state index contributed by atoms with van der Waals surface area (Å²) in [5.74, 6) is 0. The molecule has 1 aliphatic rings. The zero-order valence-corrected chi connectivity index (χ0v) is 9.69. The predicted molar refractivity (Wildman–Crippen MR) is 64.1 cm³/mol. The maximum Gasteiger partial charge on any atom is 0.0985 e. The Kier molecular flexibility index (Phi) is 3.62. The Morgan fingerprint density at radius 2 is 2.12 bits per heavy atom. The fourth-order valence-corrected chi connectivity index (χ4v) is 2.05. The maximum absolute atomic E-state index is 5.78. The van der Waals surface area contributed by atoms with Gasteiger partial charge in [0.1, 0.15) is 0 Å². The summed E-state index contributed by atoms with van der Waals surface area (Å²) < 4.78 is 11.2. The summed E-state index contributed by atoms with van der Waals surface area (Å²) in [6, 6.07) is 10.4. The summed E-state index contributed by atoms with van der Waals surface area (Å²) in [6.07, 6.45) is 5.64. The van der Waals surface area contributed by atoms with Gasteiger partial charge in [-0.1, -0.05) is 36.4 Å². The summed E-state index contributed by atoms with van der Waals surface area (Å²) in [6.45, 7) is 3.52. The second-order valence-electron chi connectivity index (χ2n) is 4.05. The van der Waals surface area contributed by atoms with Gasteiger partial charge >= 0.3 is 0 Å². The lowest BCUT2D eigenvalue weighted by molar-refractivity contribution is -0.164. The predicted octanol–water partition coefficient (Wildman–Crippen LogP) is 3.24. The molecule has 1 saturated heterocycles. The van der Waals surface area contributed by atoms with Crippen molar-refractivity contribution in [2.75, 3.05) is 13.2 Å². The van der Waals surface area contributed by atoms with Gasteiger partial charge in [0.15, 0.2) is 0 Å². The smallest absolute Gasteiger partial charge is 0.0985 e. The van der Waals surface area contributed by atoms with Crippen LogP contribution in [-0.4, -0.2) is 13.2 Å². The van der Waals surface area contributed by atoms with E-state index in [1.807, 2.05) is 19.1 Å². The van der Waals surface area contributed by atoms with E-state index in [4.69, 9.17) is 9.47 Å². The van der Waals surface area contributed by atoms with E-state index < -0.39 is 0 Å². The quantitative estimate of drug-likeness (QED) is 0.558. The van der Waals surface area contributed by atoms with E-state index in [1.54, 1.807) is 6.26 Å². The molecule has 0 aromatic heterocycles. The minimum atomic E-state index is -0.0944. The molecule has 0 radical (unpaired) electrons. The van der Waals surface area contributed by atoms with Crippen molar-refractivity contribution < 1.29 is 9.47 Å². The molecule has 0 aliphatic carbocycles. The van der Waals surface area contributed by atoms with Crippen LogP contribution in [0.2, 0.25) is 0 Å². The lowest BCUT2D eigenvalue weighted by atomic mass is 9.84. The van der Waals surface area contributed by atoms with Crippen molar-refractivity contribution in [1.82, 2.24) is 0 Å². The van der Waals surface area contributed by atoms with Gasteiger partial charge in [-0.25, -0.2) is 0 Å². The van der Waals surface area contributed by atoms with E-state index in [2.05, 4.69) is 24.3 Å². The molecule has 1 atom stereocenters. The van der Waals surface area contributed by atoms with Crippen LogP contribution in [0.3, 0.4) is 0 Å². The summed E-state index contributed by atoms with van der Waals surface area (Å²) in [5, 5.41) is 0. The van der Waals surface area contributed by atoms with E-state index >= 15 is 0 Å². The van der Waals surface area contributed by atoms with Crippen molar-refractivity contribution >= 4 is 0 Å². The molecule has 1 heterocycles. The Morgan fingerprint density at radius 3 is 2.69 bits per heavy atom. The average Bonchev–Trinajstić information content (AvgIpc) is 2.28. The second-order valence-corrected chi connectivity index (χ2v) is 4.05. The van der Waals surface area contributed by atoms with Gasteiger partial charge in [0.2, 0.25) is 0 Å². The van der Waals surface area contributed by atoms with Crippen LogP contribution in [0.4, 0.5) is 0 Å². The van der Waals surface area contributed by atoms with Gasteiger partial charge in [0, 0.05) is 12.8 Å². The molecule has 86 valence electrons. The van der Waals surface area contributed by atoms with Gasteiger partial charge in [0.25, 0.3) is 0 Å². The van der Waals surface area contributed by atoms with Crippen LogP contribution < -0.4 is 0 Å². The van der Waals surface area contributed by atoms with Crippen molar-refractivity contribution in [2.24, 2.45) is 0 Å². The summed E-state index contributed by atoms with van der Waals surface area (Å²) >= 11 is 0. The SMILES string of the molecule is CC=COCCC1(c2ccccc2)CCO1. The molecule has 16 heavy (non-hydrogen) atoms. The molecule has 0 amide bonds. The second kappa shape index (κ2) is 5.17. The summed E-state index contributed by atoms with van der Waals surface area (Å²) in [4.78, 5) is 0. The zero-order chi connectivity index (χ0) is 11.3. The Hall–Kier alpha value is -1.28. The first-order chi connectivity index (χ1) is 7.87. The molecule has 0 N–H and O–H groups in total. The minimum absolute atomic E-state index is 0.0944. The van der Waals surface area contributed by atoms with Gasteiger partial charge in [-0.3, -0.25) is 0 Å². The Morgan fingerprint density at radius 1 is 1.38 bits per heavy atom. The number of hydrogen-bond donors (Lipinski definition) is 0. The normalized spacial score (nSPS) is 24.3. The Balaban J connectivity index is 1.97. The van der Waals surface area contributed by atoms with Crippen molar-refractivity contribution in [2.45, 2.75) is 25.4 Å². The number of benzene rings is 1. The molecule has 0 bridgehead atoms. The van der Waals surface area contributed by atoms with Crippen molar-refractivity contribution in [3.63, 3.8) is 0 Å². The molecule has 1 unspecified atom stereocenters. The molecular weight excluding hydrogens is 200 g/mol. The van der Waals surface area contributed by atoms with Gasteiger partial charge in [0.05, 0.1) is 25.1 Å². The van der Waals surface area contributed by atoms with Gasteiger partial charge < -0.3 is 9.47 Å². The fourth-order valence-electron chi connectivity index (χ4n) is 2.05. The van der Waals surface area contributed by atoms with Gasteiger partial charge in [-0.2, -0.15) is 0 Å². The highest BCUT2D eigenvalue weighted by molar-refractivity contribution is 5.24. The average molecular weight is 218 g/mol. The van der Waals surface area contributed by atoms with Gasteiger partial charge in [-0.15, -0.1) is 0 Å². The van der Waals surface area contributed by atoms with Gasteiger partial charge in [-0.05, 0) is 12.5 Å². The van der Waals surface area contributed by atoms with Crippen molar-refractivity contribution in [1.29, 1.82) is 0 Å². The van der Waals surface area contributed by atoms with E-state index in [-0.39, 0.29) is 5.60 Å². The molecule has 2 rings (SSSR count). The zero-order valence-electron chi connectivity index (χ0n) is 9.69. The number of allylic oxidation sites excluding steroid dienone is 1. The third-order valence-electron chi connectivity index (χ3n) is 3.04. The highest BCUT2D eigenvalue weighted by atomic mass is 16.5. The van der Waals surface area contributed by atoms with E-state index in [0.29, 0.717) is 6.61 Å². The third-order valence-corrected chi connectivity index (χ3v) is 3.04. The van der Waals surface area contributed by atoms with E-state index in [1.165, 1.54) is 5.56 Å². The first-order valence-corrected chi connectivity index (χ1v) is 5.80. The largest absolute Gasteiger partial charge is 0.501 e. The lowest BCUT2D eigenvalue weighted by Gasteiger charge is -2.42. The Bertz CT molecular complexity index is 339. The van der Waals surface area contributed by atoms with E-state index in [0.717, 1.165) is 19.4 Å². The monoisotopic (exact) mass is 218 g/mol. The molecule has 2 heteroatoms. The molecule has 1 fully saturated rings. The Labute approximate surface area is 96.9 Å². The van der Waals surface area contributed by atoms with Crippen LogP contribution in [-0.2, 0) is 15.1 Å². The minimum Gasteiger partial charge on any atom is -0.501 e. The van der Waals surface area contributed by atoms with Crippen LogP contribution >= 0.6 is 0 Å². The van der Waals surface area contributed by atoms with Crippen LogP contribution in [0, 0.1) is 0 Å². The number of rotatable bonds is 5. The van der Waals surface area contributed by atoms with Crippen LogP contribution in [0.5, 0.6) is 0 Å². The molecule has 1 aliphatic heterocycles. The molecule has 1 aromatic carbocycles. The van der Waals surface area contributed by atoms with E-state index in [9.17, 15) is 0 Å². The molecule has 1 aromatic rings. The van der Waals surface area contributed by atoms with Crippen LogP contribution in [0.1, 0.15) is 25.3 Å². The summed E-state index contributed by atoms with van der Waals surface area (Å²) in [7, 11) is 0.